The lowest BCUT2D eigenvalue weighted by molar-refractivity contribution is -0.125. The Balaban J connectivity index is 1.44. The molecule has 1 amide bonds. The van der Waals surface area contributed by atoms with E-state index in [0.717, 1.165) is 10.6 Å². The quantitative estimate of drug-likeness (QED) is 0.490. The maximum absolute atomic E-state index is 12.8. The topological polar surface area (TPSA) is 66.5 Å². The first-order valence-electron chi connectivity index (χ1n) is 9.60. The molecule has 1 N–H and O–H groups in total. The highest BCUT2D eigenvalue weighted by molar-refractivity contribution is 7.99. The molecule has 0 radical (unpaired) electrons. The molecule has 2 aromatic carbocycles. The van der Waals surface area contributed by atoms with Crippen molar-refractivity contribution in [3.63, 3.8) is 0 Å². The average Bonchev–Trinajstić information content (AvgIpc) is 2.77. The summed E-state index contributed by atoms with van der Waals surface area (Å²) in [4.78, 5) is 14.9. The zero-order valence-corrected chi connectivity index (χ0v) is 18.9. The molecule has 0 atom stereocenters. The number of thioether (sulfide) groups is 2. The van der Waals surface area contributed by atoms with Crippen LogP contribution in [0.3, 0.4) is 0 Å². The highest BCUT2D eigenvalue weighted by Gasteiger charge is 2.31. The molecule has 0 saturated carbocycles. The minimum absolute atomic E-state index is 0.0278. The summed E-state index contributed by atoms with van der Waals surface area (Å²) in [7, 11) is -3.50. The van der Waals surface area contributed by atoms with E-state index in [4.69, 9.17) is 0 Å². The molecular weight excluding hydrogens is 424 g/mol. The highest BCUT2D eigenvalue weighted by atomic mass is 32.2. The number of nitrogens with zero attached hydrogens (tertiary/aromatic N) is 1. The summed E-state index contributed by atoms with van der Waals surface area (Å²) < 4.78 is 27.1. The first-order valence-corrected chi connectivity index (χ1v) is 13.3. The summed E-state index contributed by atoms with van der Waals surface area (Å²) in [6.07, 6.45) is 3.07. The van der Waals surface area contributed by atoms with Crippen LogP contribution in [0.1, 0.15) is 12.8 Å². The number of carbonyl (C=O) groups excluding carboxylic acids is 1. The van der Waals surface area contributed by atoms with Gasteiger partial charge in [0.15, 0.2) is 0 Å². The van der Waals surface area contributed by atoms with Crippen LogP contribution < -0.4 is 5.32 Å². The van der Waals surface area contributed by atoms with Gasteiger partial charge in [0.1, 0.15) is 0 Å². The van der Waals surface area contributed by atoms with Gasteiger partial charge in [-0.25, -0.2) is 8.42 Å². The van der Waals surface area contributed by atoms with E-state index >= 15 is 0 Å². The second-order valence-electron chi connectivity index (χ2n) is 6.81. The Bertz CT molecular complexity index is 895. The molecule has 1 heterocycles. The van der Waals surface area contributed by atoms with Crippen molar-refractivity contribution in [2.75, 3.05) is 31.6 Å². The summed E-state index contributed by atoms with van der Waals surface area (Å²) in [6, 6.07) is 17.1. The third kappa shape index (κ3) is 6.01. The Labute approximate surface area is 181 Å². The molecular formula is C21H26N2O3S3. The van der Waals surface area contributed by atoms with Gasteiger partial charge in [-0.2, -0.15) is 4.31 Å². The first kappa shape index (κ1) is 22.2. The Hall–Kier alpha value is -1.48. The SMILES string of the molecule is CSc1ccc(S(=O)(=O)N2CCC(C(=O)NCCSc3ccccc3)CC2)cc1. The second kappa shape index (κ2) is 10.5. The van der Waals surface area contributed by atoms with E-state index < -0.39 is 10.0 Å². The van der Waals surface area contributed by atoms with Crippen LogP contribution in [0.25, 0.3) is 0 Å². The molecule has 2 aromatic rings. The summed E-state index contributed by atoms with van der Waals surface area (Å²) in [5.74, 6) is 0.719. The van der Waals surface area contributed by atoms with E-state index in [1.807, 2.05) is 36.6 Å². The van der Waals surface area contributed by atoms with E-state index in [2.05, 4.69) is 17.4 Å². The molecule has 3 rings (SSSR count). The standard InChI is InChI=1S/C21H26N2O3S3/c1-27-18-7-9-20(10-8-18)29(25,26)23-14-11-17(12-15-23)21(24)22-13-16-28-19-5-3-2-4-6-19/h2-10,17H,11-16H2,1H3,(H,22,24). The minimum Gasteiger partial charge on any atom is -0.355 e. The predicted octanol–water partition coefficient (Wildman–Crippen LogP) is 3.72. The number of rotatable bonds is 8. The van der Waals surface area contributed by atoms with Crippen molar-refractivity contribution in [2.24, 2.45) is 5.92 Å². The number of nitrogens with one attached hydrogen (secondary N) is 1. The smallest absolute Gasteiger partial charge is 0.243 e. The predicted molar refractivity (Wildman–Crippen MR) is 120 cm³/mol. The van der Waals surface area contributed by atoms with Gasteiger partial charge < -0.3 is 5.32 Å². The van der Waals surface area contributed by atoms with Crippen molar-refractivity contribution < 1.29 is 13.2 Å². The summed E-state index contributed by atoms with van der Waals surface area (Å²) in [5, 5.41) is 2.99. The molecule has 1 saturated heterocycles. The molecule has 0 unspecified atom stereocenters. The van der Waals surface area contributed by atoms with E-state index in [1.165, 1.54) is 9.20 Å². The number of hydrogen-bond donors (Lipinski definition) is 1. The maximum atomic E-state index is 12.8. The van der Waals surface area contributed by atoms with Gasteiger partial charge in [0, 0.05) is 41.1 Å². The highest BCUT2D eigenvalue weighted by Crippen LogP contribution is 2.25. The second-order valence-corrected chi connectivity index (χ2v) is 10.8. The maximum Gasteiger partial charge on any atom is 0.243 e. The Morgan fingerprint density at radius 1 is 1.03 bits per heavy atom. The van der Waals surface area contributed by atoms with Crippen LogP contribution in [-0.2, 0) is 14.8 Å². The van der Waals surface area contributed by atoms with Crippen molar-refractivity contribution in [3.8, 4) is 0 Å². The zero-order chi connectivity index (χ0) is 20.7. The average molecular weight is 451 g/mol. The van der Waals surface area contributed by atoms with Crippen molar-refractivity contribution in [1.29, 1.82) is 0 Å². The van der Waals surface area contributed by atoms with Gasteiger partial charge in [-0.3, -0.25) is 4.79 Å². The zero-order valence-electron chi connectivity index (χ0n) is 16.4. The van der Waals surface area contributed by atoms with Gasteiger partial charge >= 0.3 is 0 Å². The third-order valence-electron chi connectivity index (χ3n) is 4.94. The Kier molecular flexibility index (Phi) is 8.06. The van der Waals surface area contributed by atoms with E-state index in [9.17, 15) is 13.2 Å². The Morgan fingerprint density at radius 3 is 2.31 bits per heavy atom. The van der Waals surface area contributed by atoms with Crippen LogP contribution in [0.4, 0.5) is 0 Å². The molecule has 0 bridgehead atoms. The fourth-order valence-electron chi connectivity index (χ4n) is 3.26. The lowest BCUT2D eigenvalue weighted by atomic mass is 9.97. The minimum atomic E-state index is -3.50. The number of sulfonamides is 1. The van der Waals surface area contributed by atoms with E-state index in [0.29, 0.717) is 37.4 Å². The molecule has 8 heteroatoms. The lowest BCUT2D eigenvalue weighted by Crippen LogP contribution is -2.43. The number of hydrogen-bond acceptors (Lipinski definition) is 5. The van der Waals surface area contributed by atoms with Crippen LogP contribution in [0, 0.1) is 5.92 Å². The summed E-state index contributed by atoms with van der Waals surface area (Å²) >= 11 is 3.29. The van der Waals surface area contributed by atoms with Gasteiger partial charge in [-0.15, -0.1) is 23.5 Å². The third-order valence-corrected chi connectivity index (χ3v) is 8.61. The molecule has 0 aliphatic carbocycles. The molecule has 29 heavy (non-hydrogen) atoms. The first-order chi connectivity index (χ1) is 14.0. The van der Waals surface area contributed by atoms with Crippen LogP contribution in [-0.4, -0.2) is 50.3 Å². The largest absolute Gasteiger partial charge is 0.355 e. The number of amides is 1. The van der Waals surface area contributed by atoms with Gasteiger partial charge in [0.2, 0.25) is 15.9 Å². The molecule has 156 valence electrons. The fraction of sp³-hybridized carbons (Fsp3) is 0.381. The monoisotopic (exact) mass is 450 g/mol. The van der Waals surface area contributed by atoms with Crippen LogP contribution in [0.15, 0.2) is 69.3 Å². The summed E-state index contributed by atoms with van der Waals surface area (Å²) in [5.41, 5.74) is 0. The van der Waals surface area contributed by atoms with Crippen molar-refractivity contribution >= 4 is 39.5 Å². The lowest BCUT2D eigenvalue weighted by Gasteiger charge is -2.30. The van der Waals surface area contributed by atoms with Crippen molar-refractivity contribution in [1.82, 2.24) is 9.62 Å². The van der Waals surface area contributed by atoms with Gasteiger partial charge in [0.25, 0.3) is 0 Å². The van der Waals surface area contributed by atoms with Gasteiger partial charge in [0.05, 0.1) is 4.90 Å². The van der Waals surface area contributed by atoms with Gasteiger partial charge in [-0.05, 0) is 55.5 Å². The molecule has 5 nitrogen and oxygen atoms in total. The van der Waals surface area contributed by atoms with E-state index in [-0.39, 0.29) is 11.8 Å². The molecule has 1 fully saturated rings. The molecule has 1 aliphatic heterocycles. The molecule has 0 spiro atoms. The van der Waals surface area contributed by atoms with Crippen LogP contribution >= 0.6 is 23.5 Å². The molecule has 1 aliphatic rings. The van der Waals surface area contributed by atoms with Crippen molar-refractivity contribution in [3.05, 3.63) is 54.6 Å². The van der Waals surface area contributed by atoms with Crippen molar-refractivity contribution in [2.45, 2.75) is 27.5 Å². The number of piperidine rings is 1. The number of carbonyl (C=O) groups is 1. The van der Waals surface area contributed by atoms with E-state index in [1.54, 1.807) is 35.7 Å². The van der Waals surface area contributed by atoms with Gasteiger partial charge in [-0.1, -0.05) is 18.2 Å². The van der Waals surface area contributed by atoms with Crippen LogP contribution in [0.5, 0.6) is 0 Å². The normalized spacial score (nSPS) is 15.9. The molecule has 0 aromatic heterocycles. The Morgan fingerprint density at radius 2 is 1.69 bits per heavy atom. The summed E-state index contributed by atoms with van der Waals surface area (Å²) in [6.45, 7) is 1.37. The number of benzene rings is 2. The van der Waals surface area contributed by atoms with Crippen LogP contribution in [0.2, 0.25) is 0 Å². The fourth-order valence-corrected chi connectivity index (χ4v) is 5.93.